The first-order valence-corrected chi connectivity index (χ1v) is 10.8. The molecule has 0 aromatic heterocycles. The number of carbonyl (C=O) groups excluding carboxylic acids is 1. The minimum absolute atomic E-state index is 0. The number of alkyl halides is 6. The summed E-state index contributed by atoms with van der Waals surface area (Å²) < 4.78 is 82.5. The molecule has 14 heteroatoms. The van der Waals surface area contributed by atoms with E-state index in [9.17, 15) is 36.2 Å². The van der Waals surface area contributed by atoms with Crippen LogP contribution in [0.15, 0.2) is 0 Å². The second-order valence-electron chi connectivity index (χ2n) is 7.54. The van der Waals surface area contributed by atoms with Crippen molar-refractivity contribution in [2.24, 2.45) is 5.92 Å². The smallest absolute Gasteiger partial charge is 1.00 e. The summed E-state index contributed by atoms with van der Waals surface area (Å²) in [7, 11) is -2.73. The van der Waals surface area contributed by atoms with E-state index in [0.717, 1.165) is 0 Å². The number of ketones is 1. The fourth-order valence-electron chi connectivity index (χ4n) is 1.93. The summed E-state index contributed by atoms with van der Waals surface area (Å²) in [5.41, 5.74) is 0. The molecule has 0 aliphatic rings. The van der Waals surface area contributed by atoms with Crippen LogP contribution in [0.1, 0.15) is 40.5 Å². The summed E-state index contributed by atoms with van der Waals surface area (Å²) in [6.45, 7) is 10.2. The molecule has 174 valence electrons. The molecule has 0 N–H and O–H groups in total. The van der Waals surface area contributed by atoms with Gasteiger partial charge in [-0.15, -0.1) is 0 Å². The topological polar surface area (TPSA) is 49.4 Å². The van der Waals surface area contributed by atoms with Gasteiger partial charge in [0.15, 0.2) is 14.1 Å². The van der Waals surface area contributed by atoms with Crippen LogP contribution in [0.3, 0.4) is 0 Å². The van der Waals surface area contributed by atoms with Crippen LogP contribution in [0.4, 0.5) is 26.3 Å². The minimum Gasteiger partial charge on any atom is -1.00 e. The van der Waals surface area contributed by atoms with Crippen molar-refractivity contribution in [2.75, 3.05) is 0 Å². The Bertz CT molecular complexity index is 474. The van der Waals surface area contributed by atoms with Crippen LogP contribution in [0.25, 0.3) is 0 Å². The van der Waals surface area contributed by atoms with E-state index in [1.165, 1.54) is 0 Å². The zero-order valence-electron chi connectivity index (χ0n) is 16.8. The molecule has 3 nitrogen and oxygen atoms in total. The second-order valence-corrected chi connectivity index (χ2v) is 12.3. The van der Waals surface area contributed by atoms with Gasteiger partial charge in [0.05, 0.1) is 0 Å². The molecule has 0 heterocycles. The van der Waals surface area contributed by atoms with Crippen LogP contribution in [0, 0.1) is 5.92 Å². The number of carbonyl (C=O) groups is 1. The number of Topliss-reactive ketones (excluding diaryl/α,β-unsaturated/α-hetero) is 1. The molecule has 0 aromatic carbocycles. The third kappa shape index (κ3) is 12.0. The van der Waals surface area contributed by atoms with Crippen LogP contribution in [0.5, 0.6) is 0 Å². The molecule has 0 spiro atoms. The van der Waals surface area contributed by atoms with Gasteiger partial charge in [0.25, 0.3) is 0 Å². The summed E-state index contributed by atoms with van der Waals surface area (Å²) in [5.74, 6) is -5.51. The van der Waals surface area contributed by atoms with Gasteiger partial charge in [-0.3, -0.25) is 4.79 Å². The predicted octanol–water partition coefficient (Wildman–Crippen LogP) is -4.77. The van der Waals surface area contributed by atoms with E-state index in [0.29, 0.717) is 0 Å². The third-order valence-corrected chi connectivity index (χ3v) is 8.88. The molecule has 3 atom stereocenters. The number of hydrogen-bond acceptors (Lipinski definition) is 3. The monoisotopic (exact) mass is 548 g/mol. The van der Waals surface area contributed by atoms with Crippen LogP contribution < -0.4 is 42.3 Å². The predicted molar refractivity (Wildman–Crippen MR) is 81.4 cm³/mol. The molecule has 0 aliphatic carbocycles. The van der Waals surface area contributed by atoms with E-state index >= 15 is 0 Å². The molecule has 0 bridgehead atoms. The molecule has 0 radical (unpaired) electrons. The van der Waals surface area contributed by atoms with Crippen LogP contribution >= 0.6 is 0 Å². The van der Waals surface area contributed by atoms with Crippen LogP contribution in [-0.2, 0) is 30.9 Å². The minimum atomic E-state index is -5.68. The fourth-order valence-corrected chi connectivity index (χ4v) is 3.22. The largest absolute Gasteiger partial charge is 4.00 e. The molecule has 0 aromatic rings. The van der Waals surface area contributed by atoms with Gasteiger partial charge in [0.2, 0.25) is 0 Å². The molecular weight excluding hydrogens is 524 g/mol. The van der Waals surface area contributed by atoms with Crippen molar-refractivity contribution >= 4 is 14.1 Å². The fraction of sp³-hybridized carbons (Fsp3) is 0.933. The Morgan fingerprint density at radius 3 is 1.59 bits per heavy atom. The van der Waals surface area contributed by atoms with Crippen LogP contribution in [-0.4, -0.2) is 38.7 Å². The zero-order valence-corrected chi connectivity index (χ0v) is 21.6. The summed E-state index contributed by atoms with van der Waals surface area (Å²) in [4.78, 5) is 12.3. The Hall–Kier alpha value is 0.971. The molecule has 0 aliphatic heterocycles. The van der Waals surface area contributed by atoms with Crippen molar-refractivity contribution in [3.8, 4) is 0 Å². The van der Waals surface area contributed by atoms with E-state index in [-0.39, 0.29) is 71.8 Å². The molecule has 0 saturated carbocycles. The zero-order chi connectivity index (χ0) is 20.4. The Morgan fingerprint density at radius 1 is 0.966 bits per heavy atom. The van der Waals surface area contributed by atoms with Gasteiger partial charge in [-0.2, -0.15) is 26.3 Å². The standard InChI is InChI=1S/C15H25F6O3Si.3ClH.Ti/c1-7-8-9(24-25(5,6)13(2,3)4)11(22)10(14(16,17)18)12(23)15(19,20)21;;;;/h9-10,12H,7-8H2,1-6H3;3*1H;/q-1;;;;+4/p-3/t9-,10-,12-;;;;/m1..../s1. The molecule has 0 unspecified atom stereocenters. The van der Waals surface area contributed by atoms with Gasteiger partial charge in [0.1, 0.15) is 12.0 Å². The van der Waals surface area contributed by atoms with Gasteiger partial charge >= 0.3 is 34.1 Å². The average Bonchev–Trinajstić information content (AvgIpc) is 2.33. The van der Waals surface area contributed by atoms with Crippen molar-refractivity contribution < 1.29 is 99.6 Å². The summed E-state index contributed by atoms with van der Waals surface area (Å²) in [6, 6.07) is 0. The summed E-state index contributed by atoms with van der Waals surface area (Å²) >= 11 is 0. The van der Waals surface area contributed by atoms with Gasteiger partial charge in [0, 0.05) is 0 Å². The van der Waals surface area contributed by atoms with E-state index in [4.69, 9.17) is 4.43 Å². The van der Waals surface area contributed by atoms with Crippen molar-refractivity contribution in [3.63, 3.8) is 0 Å². The maximum atomic E-state index is 13.1. The quantitative estimate of drug-likeness (QED) is 0.237. The van der Waals surface area contributed by atoms with Crippen molar-refractivity contribution in [1.82, 2.24) is 0 Å². The van der Waals surface area contributed by atoms with Gasteiger partial charge in [-0.25, -0.2) is 0 Å². The second kappa shape index (κ2) is 14.2. The molecule has 0 rings (SSSR count). The van der Waals surface area contributed by atoms with E-state index < -0.39 is 49.6 Å². The first kappa shape index (κ1) is 40.3. The van der Waals surface area contributed by atoms with Gasteiger partial charge in [-0.05, 0) is 30.7 Å². The first-order valence-electron chi connectivity index (χ1n) is 7.87. The Balaban J connectivity index is -0.000000480. The van der Waals surface area contributed by atoms with Crippen molar-refractivity contribution in [3.05, 3.63) is 0 Å². The Morgan fingerprint density at radius 2 is 1.34 bits per heavy atom. The van der Waals surface area contributed by atoms with E-state index in [2.05, 4.69) is 0 Å². The molecule has 0 amide bonds. The van der Waals surface area contributed by atoms with E-state index in [1.54, 1.807) is 40.8 Å². The molecule has 0 saturated heterocycles. The van der Waals surface area contributed by atoms with Crippen LogP contribution in [0.2, 0.25) is 18.1 Å². The maximum Gasteiger partial charge on any atom is 4.00 e. The van der Waals surface area contributed by atoms with Crippen molar-refractivity contribution in [2.45, 2.75) is 83.2 Å². The Labute approximate surface area is 202 Å². The summed E-state index contributed by atoms with van der Waals surface area (Å²) in [5, 5.41) is 10.8. The normalized spacial score (nSPS) is 15.5. The van der Waals surface area contributed by atoms with Gasteiger partial charge < -0.3 is 46.8 Å². The number of hydrogen-bond donors (Lipinski definition) is 0. The SMILES string of the molecule is CCC[C@@H](O[Si](C)(C)C(C)(C)C)C(=O)[C@H]([C@@H]([O-])C(F)(F)F)C(F)(F)F.[Cl-].[Cl-].[Cl-].[Ti+4]. The number of rotatable bonds is 7. The summed E-state index contributed by atoms with van der Waals surface area (Å²) in [6.07, 6.45) is -17.0. The van der Waals surface area contributed by atoms with Gasteiger partial charge in [-0.1, -0.05) is 34.1 Å². The molecule has 0 fully saturated rings. The Kier molecular flexibility index (Phi) is 19.7. The third-order valence-electron chi connectivity index (χ3n) is 4.40. The average molecular weight is 550 g/mol. The molecular formula is C15H25Cl3F6O3SiTi. The van der Waals surface area contributed by atoms with Crippen molar-refractivity contribution in [1.29, 1.82) is 0 Å². The molecule has 29 heavy (non-hydrogen) atoms. The maximum absolute atomic E-state index is 13.1. The van der Waals surface area contributed by atoms with E-state index in [1.807, 2.05) is 0 Å². The number of halogens is 9. The first-order chi connectivity index (χ1) is 10.9.